The summed E-state index contributed by atoms with van der Waals surface area (Å²) in [5.41, 5.74) is 3.77. The minimum atomic E-state index is 0.375. The molecule has 2 aromatic carbocycles. The Labute approximate surface area is 140 Å². The Hall–Kier alpha value is -1.61. The standard InChI is InChI=1S/C18H15N2SSe/c1-12-9-16-18(22-17-6-4-3-5-15(17)21-16)10-13(12)14-11-19-7-8-20(14)2/h3-11H,1-2H3/q+1. The van der Waals surface area contributed by atoms with E-state index >= 15 is 0 Å². The van der Waals surface area contributed by atoms with Crippen molar-refractivity contribution >= 4 is 35.6 Å². The Morgan fingerprint density at radius 2 is 1.95 bits per heavy atom. The summed E-state index contributed by atoms with van der Waals surface area (Å²) >= 11 is 2.27. The molecule has 4 heteroatoms. The van der Waals surface area contributed by atoms with E-state index in [-0.39, 0.29) is 0 Å². The maximum atomic E-state index is 4.29. The third-order valence-corrected chi connectivity index (χ3v) is 7.90. The zero-order chi connectivity index (χ0) is 15.1. The molecule has 1 aliphatic rings. The van der Waals surface area contributed by atoms with Gasteiger partial charge in [0.15, 0.2) is 0 Å². The summed E-state index contributed by atoms with van der Waals surface area (Å²) in [7, 11) is 2.07. The van der Waals surface area contributed by atoms with Gasteiger partial charge in [-0.2, -0.15) is 0 Å². The molecule has 0 atom stereocenters. The summed E-state index contributed by atoms with van der Waals surface area (Å²) in [4.78, 5) is 7.11. The van der Waals surface area contributed by atoms with E-state index in [0.29, 0.717) is 15.0 Å². The normalized spacial score (nSPS) is 12.6. The van der Waals surface area contributed by atoms with Crippen LogP contribution in [0.4, 0.5) is 0 Å². The van der Waals surface area contributed by atoms with Crippen molar-refractivity contribution in [3.8, 4) is 11.3 Å². The van der Waals surface area contributed by atoms with Crippen molar-refractivity contribution in [3.05, 3.63) is 60.6 Å². The van der Waals surface area contributed by atoms with Crippen LogP contribution in [0.25, 0.3) is 11.3 Å². The number of benzene rings is 2. The van der Waals surface area contributed by atoms with E-state index in [1.54, 1.807) is 0 Å². The van der Waals surface area contributed by atoms with Gasteiger partial charge in [0.1, 0.15) is 0 Å². The van der Waals surface area contributed by atoms with Crippen LogP contribution in [0.2, 0.25) is 0 Å². The van der Waals surface area contributed by atoms with Crippen LogP contribution in [0.1, 0.15) is 5.56 Å². The molecule has 0 fully saturated rings. The topological polar surface area (TPSA) is 16.8 Å². The van der Waals surface area contributed by atoms with Gasteiger partial charge in [-0.3, -0.25) is 0 Å². The molecule has 0 aliphatic carbocycles. The molecule has 0 spiro atoms. The molecule has 3 aromatic rings. The molecular formula is C18H15N2SSe+. The van der Waals surface area contributed by atoms with Crippen LogP contribution in [-0.4, -0.2) is 19.9 Å². The summed E-state index contributed by atoms with van der Waals surface area (Å²) in [5.74, 6) is 0. The number of aromatic nitrogens is 2. The average Bonchev–Trinajstić information content (AvgIpc) is 2.53. The van der Waals surface area contributed by atoms with Crippen molar-refractivity contribution in [1.29, 1.82) is 0 Å². The molecule has 0 unspecified atom stereocenters. The Kier molecular flexibility index (Phi) is 3.53. The molecule has 1 aliphatic heterocycles. The summed E-state index contributed by atoms with van der Waals surface area (Å²) in [5, 5.41) is 0. The number of rotatable bonds is 1. The number of fused-ring (bicyclic) bond motifs is 2. The van der Waals surface area contributed by atoms with Crippen LogP contribution in [0.15, 0.2) is 64.8 Å². The monoisotopic (exact) mass is 371 g/mol. The van der Waals surface area contributed by atoms with E-state index < -0.39 is 0 Å². The second-order valence-electron chi connectivity index (χ2n) is 5.34. The van der Waals surface area contributed by atoms with E-state index in [0.717, 1.165) is 0 Å². The number of nitrogens with zero attached hydrogens (tertiary/aromatic N) is 2. The van der Waals surface area contributed by atoms with Crippen LogP contribution in [0, 0.1) is 6.92 Å². The van der Waals surface area contributed by atoms with Gasteiger partial charge < -0.3 is 0 Å². The molecule has 0 amide bonds. The van der Waals surface area contributed by atoms with E-state index in [1.165, 1.54) is 35.5 Å². The molecule has 22 heavy (non-hydrogen) atoms. The van der Waals surface area contributed by atoms with Gasteiger partial charge in [-0.15, -0.1) is 0 Å². The fourth-order valence-electron chi connectivity index (χ4n) is 2.64. The molecule has 0 saturated carbocycles. The molecule has 2 heterocycles. The number of hydrogen-bond donors (Lipinski definition) is 0. The van der Waals surface area contributed by atoms with E-state index in [1.807, 2.05) is 30.4 Å². The van der Waals surface area contributed by atoms with Crippen LogP contribution in [0.5, 0.6) is 0 Å². The predicted octanol–water partition coefficient (Wildman–Crippen LogP) is 2.00. The minimum absolute atomic E-state index is 0.375. The summed E-state index contributed by atoms with van der Waals surface area (Å²) in [6.45, 7) is 2.19. The second-order valence-corrected chi connectivity index (χ2v) is 8.69. The summed E-state index contributed by atoms with van der Waals surface area (Å²) in [6, 6.07) is 13.5. The zero-order valence-corrected chi connectivity index (χ0v) is 14.9. The van der Waals surface area contributed by atoms with Gasteiger partial charge in [-0.05, 0) is 0 Å². The first-order valence-corrected chi connectivity index (χ1v) is 9.65. The average molecular weight is 370 g/mol. The van der Waals surface area contributed by atoms with Gasteiger partial charge in [-0.1, -0.05) is 0 Å². The Morgan fingerprint density at radius 1 is 1.09 bits per heavy atom. The van der Waals surface area contributed by atoms with Crippen molar-refractivity contribution in [2.75, 3.05) is 0 Å². The van der Waals surface area contributed by atoms with Crippen LogP contribution >= 0.6 is 11.8 Å². The van der Waals surface area contributed by atoms with E-state index in [2.05, 4.69) is 59.9 Å². The first-order chi connectivity index (χ1) is 10.7. The van der Waals surface area contributed by atoms with Crippen molar-refractivity contribution in [2.45, 2.75) is 16.7 Å². The zero-order valence-electron chi connectivity index (χ0n) is 12.4. The van der Waals surface area contributed by atoms with E-state index in [4.69, 9.17) is 0 Å². The second kappa shape index (κ2) is 5.54. The fraction of sp³-hybridized carbons (Fsp3) is 0.111. The molecular weight excluding hydrogens is 355 g/mol. The molecule has 0 saturated heterocycles. The van der Waals surface area contributed by atoms with Gasteiger partial charge in [-0.25, -0.2) is 0 Å². The fourth-order valence-corrected chi connectivity index (χ4v) is 6.40. The SMILES string of the molecule is Cc1cc2c(cc1-c1cncc[n+]1C)[Se]c1ccccc1S2. The Bertz CT molecular complexity index is 877. The van der Waals surface area contributed by atoms with Gasteiger partial charge in [0.05, 0.1) is 0 Å². The van der Waals surface area contributed by atoms with E-state index in [9.17, 15) is 0 Å². The van der Waals surface area contributed by atoms with Gasteiger partial charge >= 0.3 is 141 Å². The molecule has 0 bridgehead atoms. The molecule has 4 rings (SSSR count). The predicted molar refractivity (Wildman–Crippen MR) is 91.2 cm³/mol. The molecule has 0 radical (unpaired) electrons. The molecule has 1 aromatic heterocycles. The van der Waals surface area contributed by atoms with Crippen LogP contribution in [0.3, 0.4) is 0 Å². The van der Waals surface area contributed by atoms with Crippen LogP contribution in [-0.2, 0) is 7.05 Å². The maximum absolute atomic E-state index is 4.29. The molecule has 2 nitrogen and oxygen atoms in total. The summed E-state index contributed by atoms with van der Waals surface area (Å²) in [6.07, 6.45) is 5.78. The third-order valence-electron chi connectivity index (χ3n) is 3.81. The van der Waals surface area contributed by atoms with Crippen molar-refractivity contribution < 1.29 is 4.57 Å². The first kappa shape index (κ1) is 14.0. The van der Waals surface area contributed by atoms with Crippen LogP contribution < -0.4 is 13.5 Å². The Morgan fingerprint density at radius 3 is 2.82 bits per heavy atom. The first-order valence-electron chi connectivity index (χ1n) is 7.12. The Balaban J connectivity index is 1.84. The van der Waals surface area contributed by atoms with Crippen molar-refractivity contribution in [1.82, 2.24) is 4.98 Å². The molecule has 0 N–H and O–H groups in total. The van der Waals surface area contributed by atoms with Gasteiger partial charge in [0.25, 0.3) is 0 Å². The number of hydrogen-bond acceptors (Lipinski definition) is 2. The van der Waals surface area contributed by atoms with Crippen molar-refractivity contribution in [2.24, 2.45) is 7.05 Å². The quantitative estimate of drug-likeness (QED) is 0.377. The van der Waals surface area contributed by atoms with Gasteiger partial charge in [0, 0.05) is 0 Å². The third kappa shape index (κ3) is 2.37. The molecule has 108 valence electrons. The van der Waals surface area contributed by atoms with Gasteiger partial charge in [0.2, 0.25) is 0 Å². The van der Waals surface area contributed by atoms with Crippen molar-refractivity contribution in [3.63, 3.8) is 0 Å². The number of aryl methyl sites for hydroxylation is 2. The summed E-state index contributed by atoms with van der Waals surface area (Å²) < 4.78 is 5.09.